The number of ether oxygens (including phenoxy) is 3. The molecule has 2 heterocycles. The summed E-state index contributed by atoms with van der Waals surface area (Å²) in [6.45, 7) is 3.97. The van der Waals surface area contributed by atoms with Gasteiger partial charge in [-0.15, -0.1) is 24.0 Å². The largest absolute Gasteiger partial charge is 0.495 e. The van der Waals surface area contributed by atoms with Gasteiger partial charge in [0, 0.05) is 37.8 Å². The van der Waals surface area contributed by atoms with Gasteiger partial charge >= 0.3 is 0 Å². The summed E-state index contributed by atoms with van der Waals surface area (Å²) in [6, 6.07) is 13.9. The van der Waals surface area contributed by atoms with Crippen LogP contribution in [0.25, 0.3) is 0 Å². The minimum atomic E-state index is 0. The van der Waals surface area contributed by atoms with E-state index in [4.69, 9.17) is 19.9 Å². The molecule has 1 unspecified atom stereocenters. The number of benzene rings is 2. The molecule has 0 aliphatic carbocycles. The number of anilines is 2. The molecule has 0 saturated carbocycles. The number of aliphatic imine (C=N–C) groups is 1. The lowest BCUT2D eigenvalue weighted by Gasteiger charge is -2.21. The predicted molar refractivity (Wildman–Crippen MR) is 131 cm³/mol. The highest BCUT2D eigenvalue weighted by Gasteiger charge is 2.24. The second-order valence-electron chi connectivity index (χ2n) is 7.34. The van der Waals surface area contributed by atoms with Gasteiger partial charge in [0.1, 0.15) is 5.75 Å². The molecule has 7 nitrogen and oxygen atoms in total. The second kappa shape index (κ2) is 10.6. The number of nitrogens with zero attached hydrogens (tertiary/aromatic N) is 2. The number of para-hydroxylation sites is 2. The normalized spacial score (nSPS) is 18.4. The number of halogens is 1. The van der Waals surface area contributed by atoms with Crippen molar-refractivity contribution in [2.75, 3.05) is 50.2 Å². The molecule has 30 heavy (non-hydrogen) atoms. The Morgan fingerprint density at radius 1 is 1.20 bits per heavy atom. The Labute approximate surface area is 194 Å². The van der Waals surface area contributed by atoms with Gasteiger partial charge in [-0.05, 0) is 36.6 Å². The lowest BCUT2D eigenvalue weighted by atomic mass is 10.1. The fraction of sp³-hybridized carbons (Fsp3) is 0.409. The lowest BCUT2D eigenvalue weighted by molar-refractivity contribution is 0.297. The van der Waals surface area contributed by atoms with Gasteiger partial charge in [-0.25, -0.2) is 0 Å². The average Bonchev–Trinajstić information content (AvgIpc) is 3.10. The van der Waals surface area contributed by atoms with Crippen molar-refractivity contribution in [3.8, 4) is 17.2 Å². The molecule has 0 aromatic heterocycles. The molecule has 8 heteroatoms. The van der Waals surface area contributed by atoms with Crippen LogP contribution in [0.3, 0.4) is 0 Å². The van der Waals surface area contributed by atoms with Crippen LogP contribution in [0.15, 0.2) is 47.5 Å². The van der Waals surface area contributed by atoms with Crippen molar-refractivity contribution >= 4 is 41.3 Å². The fourth-order valence-electron chi connectivity index (χ4n) is 3.75. The van der Waals surface area contributed by atoms with Gasteiger partial charge in [-0.1, -0.05) is 12.1 Å². The highest BCUT2D eigenvalue weighted by Crippen LogP contribution is 2.33. The SMILES string of the molecule is COc1ccccc1N1CCC(CN=C(N)Nc2ccc3c(c2)OCCCO3)C1.I. The minimum absolute atomic E-state index is 0. The average molecular weight is 524 g/mol. The van der Waals surface area contributed by atoms with Crippen molar-refractivity contribution in [2.24, 2.45) is 16.6 Å². The van der Waals surface area contributed by atoms with Gasteiger partial charge < -0.3 is 30.2 Å². The van der Waals surface area contributed by atoms with Crippen LogP contribution in [-0.2, 0) is 0 Å². The van der Waals surface area contributed by atoms with E-state index in [9.17, 15) is 0 Å². The smallest absolute Gasteiger partial charge is 0.193 e. The first kappa shape index (κ1) is 22.3. The Balaban J connectivity index is 0.00000256. The molecule has 162 valence electrons. The van der Waals surface area contributed by atoms with Crippen molar-refractivity contribution < 1.29 is 14.2 Å². The number of hydrogen-bond acceptors (Lipinski definition) is 5. The zero-order chi connectivity index (χ0) is 20.1. The number of nitrogens with two attached hydrogens (primary N) is 1. The van der Waals surface area contributed by atoms with Crippen LogP contribution in [0.5, 0.6) is 17.2 Å². The van der Waals surface area contributed by atoms with Crippen molar-refractivity contribution in [2.45, 2.75) is 12.8 Å². The summed E-state index contributed by atoms with van der Waals surface area (Å²) in [7, 11) is 1.71. The van der Waals surface area contributed by atoms with Gasteiger partial charge in [0.2, 0.25) is 0 Å². The van der Waals surface area contributed by atoms with Gasteiger partial charge in [0.15, 0.2) is 17.5 Å². The standard InChI is InChI=1S/C22H28N4O3.HI/c1-27-19-6-3-2-5-18(19)26-10-9-16(15-26)14-24-22(23)25-17-7-8-20-21(13-17)29-12-4-11-28-20;/h2-3,5-8,13,16H,4,9-12,14-15H2,1H3,(H3,23,24,25);1H. The van der Waals surface area contributed by atoms with E-state index < -0.39 is 0 Å². The fourth-order valence-corrected chi connectivity index (χ4v) is 3.75. The summed E-state index contributed by atoms with van der Waals surface area (Å²) in [6.07, 6.45) is 1.97. The molecule has 0 radical (unpaired) electrons. The highest BCUT2D eigenvalue weighted by molar-refractivity contribution is 14.0. The van der Waals surface area contributed by atoms with Gasteiger partial charge in [0.25, 0.3) is 0 Å². The van der Waals surface area contributed by atoms with Crippen LogP contribution in [0.1, 0.15) is 12.8 Å². The Kier molecular flexibility index (Phi) is 7.89. The third kappa shape index (κ3) is 5.41. The monoisotopic (exact) mass is 524 g/mol. The van der Waals surface area contributed by atoms with E-state index in [1.54, 1.807) is 7.11 Å². The summed E-state index contributed by atoms with van der Waals surface area (Å²) in [4.78, 5) is 6.91. The van der Waals surface area contributed by atoms with Crippen molar-refractivity contribution in [1.29, 1.82) is 0 Å². The lowest BCUT2D eigenvalue weighted by Crippen LogP contribution is -2.25. The summed E-state index contributed by atoms with van der Waals surface area (Å²) >= 11 is 0. The van der Waals surface area contributed by atoms with E-state index >= 15 is 0 Å². The molecule has 3 N–H and O–H groups in total. The topological polar surface area (TPSA) is 81.3 Å². The Hall–Kier alpha value is -2.36. The van der Waals surface area contributed by atoms with E-state index in [0.29, 0.717) is 31.6 Å². The van der Waals surface area contributed by atoms with Crippen LogP contribution in [0, 0.1) is 5.92 Å². The Morgan fingerprint density at radius 3 is 2.83 bits per heavy atom. The van der Waals surface area contributed by atoms with Crippen LogP contribution in [0.4, 0.5) is 11.4 Å². The molecular formula is C22H29IN4O3. The number of fused-ring (bicyclic) bond motifs is 1. The van der Waals surface area contributed by atoms with Gasteiger partial charge in [-0.2, -0.15) is 0 Å². The van der Waals surface area contributed by atoms with E-state index in [0.717, 1.165) is 54.6 Å². The number of hydrogen-bond donors (Lipinski definition) is 2. The first-order valence-electron chi connectivity index (χ1n) is 10.1. The summed E-state index contributed by atoms with van der Waals surface area (Å²) in [5.41, 5.74) is 8.10. The summed E-state index contributed by atoms with van der Waals surface area (Å²) in [5.74, 6) is 3.29. The van der Waals surface area contributed by atoms with Crippen LogP contribution in [0.2, 0.25) is 0 Å². The van der Waals surface area contributed by atoms with E-state index in [1.165, 1.54) is 0 Å². The zero-order valence-corrected chi connectivity index (χ0v) is 19.5. The molecule has 0 bridgehead atoms. The van der Waals surface area contributed by atoms with Gasteiger partial charge in [-0.3, -0.25) is 4.99 Å². The van der Waals surface area contributed by atoms with Crippen molar-refractivity contribution in [1.82, 2.24) is 0 Å². The maximum atomic E-state index is 6.12. The number of nitrogens with one attached hydrogen (secondary N) is 1. The molecule has 0 amide bonds. The maximum Gasteiger partial charge on any atom is 0.193 e. The molecule has 1 atom stereocenters. The first-order chi connectivity index (χ1) is 14.2. The maximum absolute atomic E-state index is 6.12. The molecular weight excluding hydrogens is 495 g/mol. The quantitative estimate of drug-likeness (QED) is 0.353. The number of guanidine groups is 1. The van der Waals surface area contributed by atoms with Crippen LogP contribution in [-0.4, -0.2) is 45.9 Å². The number of methoxy groups -OCH3 is 1. The van der Waals surface area contributed by atoms with Crippen molar-refractivity contribution in [3.63, 3.8) is 0 Å². The molecule has 0 spiro atoms. The van der Waals surface area contributed by atoms with Gasteiger partial charge in [0.05, 0.1) is 26.0 Å². The molecule has 2 aromatic rings. The van der Waals surface area contributed by atoms with Crippen LogP contribution < -0.4 is 30.2 Å². The third-order valence-corrected chi connectivity index (χ3v) is 5.25. The van der Waals surface area contributed by atoms with E-state index in [2.05, 4.69) is 21.3 Å². The summed E-state index contributed by atoms with van der Waals surface area (Å²) < 4.78 is 16.9. The highest BCUT2D eigenvalue weighted by atomic mass is 127. The van der Waals surface area contributed by atoms with Crippen LogP contribution >= 0.6 is 24.0 Å². The molecule has 4 rings (SSSR count). The number of rotatable bonds is 5. The molecule has 1 saturated heterocycles. The molecule has 1 fully saturated rings. The molecule has 2 aromatic carbocycles. The minimum Gasteiger partial charge on any atom is -0.495 e. The molecule has 2 aliphatic heterocycles. The second-order valence-corrected chi connectivity index (χ2v) is 7.34. The van der Waals surface area contributed by atoms with Crippen molar-refractivity contribution in [3.05, 3.63) is 42.5 Å². The zero-order valence-electron chi connectivity index (χ0n) is 17.2. The predicted octanol–water partition coefficient (Wildman–Crippen LogP) is 3.73. The third-order valence-electron chi connectivity index (χ3n) is 5.25. The first-order valence-corrected chi connectivity index (χ1v) is 10.1. The molecule has 2 aliphatic rings. The summed E-state index contributed by atoms with van der Waals surface area (Å²) in [5, 5.41) is 3.16. The van der Waals surface area contributed by atoms with E-state index in [1.807, 2.05) is 36.4 Å². The Bertz CT molecular complexity index is 877. The Morgan fingerprint density at radius 2 is 2.00 bits per heavy atom. The van der Waals surface area contributed by atoms with E-state index in [-0.39, 0.29) is 24.0 Å².